The molecule has 150 valence electrons. The Morgan fingerprint density at radius 3 is 2.07 bits per heavy atom. The molecule has 3 aromatic rings. The van der Waals surface area contributed by atoms with Crippen LogP contribution in [-0.4, -0.2) is 22.5 Å². The number of nitrogens with zero attached hydrogens (tertiary/aromatic N) is 2. The molecule has 4 rings (SSSR count). The van der Waals surface area contributed by atoms with Gasteiger partial charge in [-0.1, -0.05) is 91.0 Å². The van der Waals surface area contributed by atoms with Crippen molar-refractivity contribution in [3.8, 4) is 0 Å². The van der Waals surface area contributed by atoms with Crippen molar-refractivity contribution in [2.45, 2.75) is 19.4 Å². The second-order valence-corrected chi connectivity index (χ2v) is 8.16. The van der Waals surface area contributed by atoms with Gasteiger partial charge in [-0.05, 0) is 47.4 Å². The molecular weight excluding hydrogens is 388 g/mol. The van der Waals surface area contributed by atoms with Crippen LogP contribution in [0.2, 0.25) is 0 Å². The monoisotopic (exact) mass is 412 g/mol. The lowest BCUT2D eigenvalue weighted by Gasteiger charge is -2.15. The normalized spacial score (nSPS) is 16.5. The van der Waals surface area contributed by atoms with Crippen LogP contribution in [0.3, 0.4) is 0 Å². The van der Waals surface area contributed by atoms with Crippen LogP contribution in [0.25, 0.3) is 6.08 Å². The van der Waals surface area contributed by atoms with Crippen LogP contribution in [0.4, 0.5) is 0 Å². The summed E-state index contributed by atoms with van der Waals surface area (Å²) in [5, 5.41) is 0.791. The molecule has 0 saturated carbocycles. The average molecular weight is 413 g/mol. The molecule has 1 saturated heterocycles. The molecule has 4 heteroatoms. The maximum absolute atomic E-state index is 13.1. The van der Waals surface area contributed by atoms with E-state index >= 15 is 0 Å². The molecule has 0 radical (unpaired) electrons. The third-order valence-electron chi connectivity index (χ3n) is 4.92. The number of aliphatic imine (C=N–C) groups is 1. The van der Waals surface area contributed by atoms with Gasteiger partial charge in [-0.25, -0.2) is 0 Å². The Bertz CT molecular complexity index is 1030. The SMILES string of the molecule is O=C1/C(=C/c2ccccc2)S/C(=N\Cc2ccccc2)N1CCCc1ccccc1. The lowest BCUT2D eigenvalue weighted by atomic mass is 10.1. The van der Waals surface area contributed by atoms with E-state index in [-0.39, 0.29) is 5.91 Å². The van der Waals surface area contributed by atoms with Gasteiger partial charge in [-0.3, -0.25) is 14.7 Å². The quantitative estimate of drug-likeness (QED) is 0.460. The van der Waals surface area contributed by atoms with Crippen molar-refractivity contribution >= 4 is 28.9 Å². The molecule has 1 aliphatic rings. The van der Waals surface area contributed by atoms with Crippen LogP contribution < -0.4 is 0 Å². The summed E-state index contributed by atoms with van der Waals surface area (Å²) in [7, 11) is 0. The van der Waals surface area contributed by atoms with E-state index in [9.17, 15) is 4.79 Å². The lowest BCUT2D eigenvalue weighted by molar-refractivity contribution is -0.122. The van der Waals surface area contributed by atoms with Gasteiger partial charge in [0.2, 0.25) is 0 Å². The van der Waals surface area contributed by atoms with Crippen molar-refractivity contribution in [2.24, 2.45) is 4.99 Å². The summed E-state index contributed by atoms with van der Waals surface area (Å²) in [6.07, 6.45) is 3.81. The number of amidine groups is 1. The van der Waals surface area contributed by atoms with Gasteiger partial charge in [-0.2, -0.15) is 0 Å². The Kier molecular flexibility index (Phi) is 6.78. The fourth-order valence-corrected chi connectivity index (χ4v) is 4.35. The third-order valence-corrected chi connectivity index (χ3v) is 5.96. The second kappa shape index (κ2) is 10.1. The van der Waals surface area contributed by atoms with Crippen molar-refractivity contribution < 1.29 is 4.79 Å². The summed E-state index contributed by atoms with van der Waals surface area (Å²) < 4.78 is 0. The Hall–Kier alpha value is -3.11. The van der Waals surface area contributed by atoms with Crippen molar-refractivity contribution in [1.82, 2.24) is 4.90 Å². The van der Waals surface area contributed by atoms with E-state index in [1.54, 1.807) is 0 Å². The van der Waals surface area contributed by atoms with E-state index in [2.05, 4.69) is 36.4 Å². The van der Waals surface area contributed by atoms with Crippen molar-refractivity contribution in [3.05, 3.63) is 113 Å². The highest BCUT2D eigenvalue weighted by atomic mass is 32.2. The molecule has 0 N–H and O–H groups in total. The van der Waals surface area contributed by atoms with Crippen LogP contribution in [0.15, 0.2) is 101 Å². The van der Waals surface area contributed by atoms with E-state index < -0.39 is 0 Å². The first-order chi connectivity index (χ1) is 14.8. The van der Waals surface area contributed by atoms with Crippen LogP contribution in [0, 0.1) is 0 Å². The first kappa shape index (κ1) is 20.2. The number of amides is 1. The smallest absolute Gasteiger partial charge is 0.266 e. The summed E-state index contributed by atoms with van der Waals surface area (Å²) in [6.45, 7) is 1.24. The molecule has 0 aromatic heterocycles. The average Bonchev–Trinajstić information content (AvgIpc) is 3.09. The summed E-state index contributed by atoms with van der Waals surface area (Å²) in [6, 6.07) is 30.5. The van der Waals surface area contributed by atoms with Crippen LogP contribution in [0.5, 0.6) is 0 Å². The van der Waals surface area contributed by atoms with E-state index in [0.29, 0.717) is 13.1 Å². The van der Waals surface area contributed by atoms with Gasteiger partial charge in [0.05, 0.1) is 11.4 Å². The zero-order chi connectivity index (χ0) is 20.6. The number of aryl methyl sites for hydroxylation is 1. The summed E-state index contributed by atoms with van der Waals surface area (Å²) in [4.78, 5) is 20.5. The molecule has 0 atom stereocenters. The fourth-order valence-electron chi connectivity index (χ4n) is 3.35. The van der Waals surface area contributed by atoms with E-state index in [1.165, 1.54) is 17.3 Å². The van der Waals surface area contributed by atoms with Gasteiger partial charge in [0.25, 0.3) is 5.91 Å². The Morgan fingerprint density at radius 1 is 0.800 bits per heavy atom. The molecule has 0 aliphatic carbocycles. The van der Waals surface area contributed by atoms with Gasteiger partial charge in [0, 0.05) is 6.54 Å². The van der Waals surface area contributed by atoms with E-state index in [0.717, 1.165) is 34.0 Å². The Labute approximate surface area is 182 Å². The standard InChI is InChI=1S/C26H24N2OS/c29-25-24(19-22-13-6-2-7-14-22)30-26(27-20-23-15-8-3-9-16-23)28(25)18-10-17-21-11-4-1-5-12-21/h1-9,11-16,19H,10,17-18,20H2/b24-19-,27-26-. The molecule has 1 amide bonds. The second-order valence-electron chi connectivity index (χ2n) is 7.15. The molecule has 0 spiro atoms. The third kappa shape index (κ3) is 5.28. The Balaban J connectivity index is 1.51. The highest BCUT2D eigenvalue weighted by Crippen LogP contribution is 2.33. The highest BCUT2D eigenvalue weighted by Gasteiger charge is 2.32. The van der Waals surface area contributed by atoms with Gasteiger partial charge in [-0.15, -0.1) is 0 Å². The predicted molar refractivity (Wildman–Crippen MR) is 126 cm³/mol. The number of rotatable bonds is 7. The summed E-state index contributed by atoms with van der Waals surface area (Å²) in [5.41, 5.74) is 3.46. The maximum Gasteiger partial charge on any atom is 0.266 e. The minimum absolute atomic E-state index is 0.0451. The molecule has 3 nitrogen and oxygen atoms in total. The zero-order valence-corrected chi connectivity index (χ0v) is 17.6. The van der Waals surface area contributed by atoms with E-state index in [4.69, 9.17) is 4.99 Å². The van der Waals surface area contributed by atoms with Crippen LogP contribution in [-0.2, 0) is 17.8 Å². The van der Waals surface area contributed by atoms with Crippen molar-refractivity contribution in [3.63, 3.8) is 0 Å². The number of benzene rings is 3. The van der Waals surface area contributed by atoms with Crippen LogP contribution >= 0.6 is 11.8 Å². The van der Waals surface area contributed by atoms with Gasteiger partial charge < -0.3 is 0 Å². The first-order valence-corrected chi connectivity index (χ1v) is 11.0. The molecule has 1 heterocycles. The molecule has 1 fully saturated rings. The maximum atomic E-state index is 13.1. The van der Waals surface area contributed by atoms with E-state index in [1.807, 2.05) is 65.6 Å². The molecule has 30 heavy (non-hydrogen) atoms. The lowest BCUT2D eigenvalue weighted by Crippen LogP contribution is -2.30. The molecule has 0 unspecified atom stereocenters. The van der Waals surface area contributed by atoms with Gasteiger partial charge >= 0.3 is 0 Å². The number of hydrogen-bond donors (Lipinski definition) is 0. The first-order valence-electron chi connectivity index (χ1n) is 10.2. The number of hydrogen-bond acceptors (Lipinski definition) is 3. The number of thioether (sulfide) groups is 1. The Morgan fingerprint density at radius 2 is 1.40 bits per heavy atom. The number of carbonyl (C=O) groups is 1. The molecular formula is C26H24N2OS. The van der Waals surface area contributed by atoms with Gasteiger partial charge in [0.15, 0.2) is 5.17 Å². The van der Waals surface area contributed by atoms with Crippen molar-refractivity contribution in [1.29, 1.82) is 0 Å². The largest absolute Gasteiger partial charge is 0.287 e. The molecule has 3 aromatic carbocycles. The number of carbonyl (C=O) groups excluding carboxylic acids is 1. The molecule has 1 aliphatic heterocycles. The summed E-state index contributed by atoms with van der Waals surface area (Å²) >= 11 is 1.47. The topological polar surface area (TPSA) is 32.7 Å². The van der Waals surface area contributed by atoms with Crippen molar-refractivity contribution in [2.75, 3.05) is 6.54 Å². The minimum Gasteiger partial charge on any atom is -0.287 e. The summed E-state index contributed by atoms with van der Waals surface area (Å²) in [5.74, 6) is 0.0451. The minimum atomic E-state index is 0.0451. The zero-order valence-electron chi connectivity index (χ0n) is 16.8. The molecule has 0 bridgehead atoms. The van der Waals surface area contributed by atoms with Gasteiger partial charge in [0.1, 0.15) is 0 Å². The fraction of sp³-hybridized carbons (Fsp3) is 0.154. The highest BCUT2D eigenvalue weighted by molar-refractivity contribution is 8.18. The predicted octanol–water partition coefficient (Wildman–Crippen LogP) is 5.79. The van der Waals surface area contributed by atoms with Crippen LogP contribution in [0.1, 0.15) is 23.1 Å².